The Bertz CT molecular complexity index is 1830. The summed E-state index contributed by atoms with van der Waals surface area (Å²) in [5, 5.41) is 14.2. The third-order valence-electron chi connectivity index (χ3n) is 8.87. The summed E-state index contributed by atoms with van der Waals surface area (Å²) in [4.78, 5) is 36.5. The van der Waals surface area contributed by atoms with Crippen LogP contribution in [0, 0.1) is 12.3 Å². The summed E-state index contributed by atoms with van der Waals surface area (Å²) in [5.74, 6) is -1.48. The monoisotopic (exact) mass is 743 g/mol. The lowest BCUT2D eigenvalue weighted by Crippen LogP contribution is -2.43. The Kier molecular flexibility index (Phi) is 9.42. The third-order valence-corrected chi connectivity index (χ3v) is 9.36. The largest absolute Gasteiger partial charge is 0.480 e. The van der Waals surface area contributed by atoms with E-state index in [0.29, 0.717) is 36.1 Å². The SMILES string of the molecule is Cc1ccn(-c2cc(Br)ccc2C(Oc2cc(N3CCC4(CC3)C[C@@H](C(=O)O)N(C(=O)OCc3ccccc3)C4)nc(N)n2)C(F)(F)F)n1. The first-order valence-corrected chi connectivity index (χ1v) is 16.2. The van der Waals surface area contributed by atoms with E-state index in [4.69, 9.17) is 15.2 Å². The van der Waals surface area contributed by atoms with Gasteiger partial charge < -0.3 is 25.2 Å². The van der Waals surface area contributed by atoms with Crippen molar-refractivity contribution in [3.8, 4) is 11.6 Å². The smallest absolute Gasteiger partial charge is 0.429 e. The maximum atomic E-state index is 14.6. The quantitative estimate of drug-likeness (QED) is 0.218. The van der Waals surface area contributed by atoms with E-state index in [2.05, 4.69) is 31.0 Å². The highest BCUT2D eigenvalue weighted by atomic mass is 79.9. The van der Waals surface area contributed by atoms with Crippen molar-refractivity contribution < 1.29 is 37.3 Å². The summed E-state index contributed by atoms with van der Waals surface area (Å²) in [5.41, 5.74) is 6.87. The molecule has 1 amide bonds. The number of carboxylic acids is 1. The molecule has 2 aromatic heterocycles. The van der Waals surface area contributed by atoms with Gasteiger partial charge in [-0.2, -0.15) is 28.2 Å². The van der Waals surface area contributed by atoms with Crippen LogP contribution in [0.2, 0.25) is 0 Å². The number of piperidine rings is 1. The normalized spacial score (nSPS) is 18.0. The number of aryl methyl sites for hydroxylation is 1. The lowest BCUT2D eigenvalue weighted by molar-refractivity contribution is -0.198. The zero-order valence-electron chi connectivity index (χ0n) is 26.3. The van der Waals surface area contributed by atoms with E-state index in [1.54, 1.807) is 19.2 Å². The molecule has 49 heavy (non-hydrogen) atoms. The second kappa shape index (κ2) is 13.6. The van der Waals surface area contributed by atoms with E-state index >= 15 is 0 Å². The second-order valence-electron chi connectivity index (χ2n) is 12.3. The highest BCUT2D eigenvalue weighted by Crippen LogP contribution is 2.45. The average Bonchev–Trinajstić information content (AvgIpc) is 3.67. The highest BCUT2D eigenvalue weighted by Gasteiger charge is 2.51. The van der Waals surface area contributed by atoms with Crippen LogP contribution >= 0.6 is 15.9 Å². The molecule has 0 radical (unpaired) electrons. The van der Waals surface area contributed by atoms with Crippen LogP contribution in [0.15, 0.2) is 71.3 Å². The molecule has 2 aliphatic rings. The minimum atomic E-state index is -4.83. The van der Waals surface area contributed by atoms with Crippen molar-refractivity contribution in [2.45, 2.75) is 51.1 Å². The van der Waals surface area contributed by atoms with Gasteiger partial charge in [0.2, 0.25) is 17.9 Å². The van der Waals surface area contributed by atoms with Crippen LogP contribution in [-0.2, 0) is 16.1 Å². The maximum Gasteiger partial charge on any atom is 0.429 e. The van der Waals surface area contributed by atoms with Crippen LogP contribution in [0.3, 0.4) is 0 Å². The van der Waals surface area contributed by atoms with Gasteiger partial charge in [0.15, 0.2) is 0 Å². The summed E-state index contributed by atoms with van der Waals surface area (Å²) < 4.78 is 56.7. The third kappa shape index (κ3) is 7.58. The van der Waals surface area contributed by atoms with E-state index in [9.17, 15) is 27.9 Å². The number of ether oxygens (including phenoxy) is 2. The number of benzene rings is 2. The Hall–Kier alpha value is -4.86. The molecule has 0 aliphatic carbocycles. The molecular formula is C33H33BrF3N7O5. The van der Waals surface area contributed by atoms with Crippen molar-refractivity contribution >= 4 is 39.8 Å². The number of rotatable bonds is 8. The van der Waals surface area contributed by atoms with Gasteiger partial charge in [-0.1, -0.05) is 52.3 Å². The molecule has 4 aromatic rings. The second-order valence-corrected chi connectivity index (χ2v) is 13.2. The number of anilines is 2. The highest BCUT2D eigenvalue weighted by molar-refractivity contribution is 9.10. The molecule has 3 N–H and O–H groups in total. The standard InChI is InChI=1S/C33H33BrF3N7O5/c1-20-9-12-44(41-20)24-15-22(34)7-8-23(24)28(33(35,36)37)49-27-16-26(39-30(38)40-27)42-13-10-32(11-14-42)17-25(29(45)46)43(19-32)31(47)48-18-21-5-3-2-4-6-21/h2-9,12,15-16,25,28H,10-11,13-14,17-19H2,1H3,(H,45,46)(H2,38,39,40)/t25-,28?/m0/s1. The molecule has 2 fully saturated rings. The fraction of sp³-hybridized carbons (Fsp3) is 0.364. The average molecular weight is 745 g/mol. The number of hydrogen-bond acceptors (Lipinski definition) is 9. The Morgan fingerprint density at radius 3 is 2.49 bits per heavy atom. The molecule has 0 bridgehead atoms. The van der Waals surface area contributed by atoms with Crippen LogP contribution in [0.5, 0.6) is 5.88 Å². The number of carbonyl (C=O) groups excluding carboxylic acids is 1. The van der Waals surface area contributed by atoms with Gasteiger partial charge in [0.05, 0.1) is 11.4 Å². The number of hydrogen-bond donors (Lipinski definition) is 2. The molecule has 1 spiro atoms. The van der Waals surface area contributed by atoms with E-state index < -0.39 is 35.8 Å². The first kappa shape index (κ1) is 34.0. The Balaban J connectivity index is 1.18. The molecule has 1 unspecified atom stereocenters. The topological polar surface area (TPSA) is 149 Å². The van der Waals surface area contributed by atoms with Gasteiger partial charge in [0.25, 0.3) is 0 Å². The number of carboxylic acid groups (broad SMARTS) is 1. The van der Waals surface area contributed by atoms with Crippen LogP contribution in [0.4, 0.5) is 29.7 Å². The molecule has 0 saturated carbocycles. The fourth-order valence-corrected chi connectivity index (χ4v) is 6.76. The lowest BCUT2D eigenvalue weighted by atomic mass is 9.76. The molecule has 2 saturated heterocycles. The number of nitrogens with two attached hydrogens (primary N) is 1. The Labute approximate surface area is 287 Å². The Morgan fingerprint density at radius 1 is 1.10 bits per heavy atom. The van der Waals surface area contributed by atoms with Gasteiger partial charge in [0.1, 0.15) is 18.5 Å². The minimum absolute atomic E-state index is 0.0179. The molecule has 4 heterocycles. The number of halogens is 4. The van der Waals surface area contributed by atoms with Gasteiger partial charge >= 0.3 is 18.2 Å². The van der Waals surface area contributed by atoms with Crippen molar-refractivity contribution in [3.05, 3.63) is 88.2 Å². The fourth-order valence-electron chi connectivity index (χ4n) is 6.41. The van der Waals surface area contributed by atoms with Gasteiger partial charge in [-0.3, -0.25) is 4.90 Å². The summed E-state index contributed by atoms with van der Waals surface area (Å²) in [6.45, 7) is 2.71. The first-order valence-electron chi connectivity index (χ1n) is 15.5. The predicted molar refractivity (Wildman–Crippen MR) is 175 cm³/mol. The van der Waals surface area contributed by atoms with Crippen LogP contribution in [-0.4, -0.2) is 73.7 Å². The van der Waals surface area contributed by atoms with E-state index in [1.165, 1.54) is 33.8 Å². The summed E-state index contributed by atoms with van der Waals surface area (Å²) in [7, 11) is 0. The molecule has 6 rings (SSSR count). The molecule has 258 valence electrons. The van der Waals surface area contributed by atoms with Crippen LogP contribution in [0.25, 0.3) is 5.69 Å². The number of aliphatic carboxylic acids is 1. The van der Waals surface area contributed by atoms with E-state index in [0.717, 1.165) is 5.56 Å². The first-order chi connectivity index (χ1) is 23.3. The van der Waals surface area contributed by atoms with Crippen molar-refractivity contribution in [2.75, 3.05) is 30.3 Å². The maximum absolute atomic E-state index is 14.6. The Morgan fingerprint density at radius 2 is 1.84 bits per heavy atom. The van der Waals surface area contributed by atoms with Gasteiger partial charge in [-0.05, 0) is 55.4 Å². The number of nitrogen functional groups attached to an aromatic ring is 1. The summed E-state index contributed by atoms with van der Waals surface area (Å²) >= 11 is 3.33. The van der Waals surface area contributed by atoms with Crippen LogP contribution in [0.1, 0.15) is 42.2 Å². The van der Waals surface area contributed by atoms with Crippen molar-refractivity contribution in [1.29, 1.82) is 0 Å². The van der Waals surface area contributed by atoms with Crippen molar-refractivity contribution in [2.24, 2.45) is 5.41 Å². The van der Waals surface area contributed by atoms with E-state index in [-0.39, 0.29) is 48.5 Å². The summed E-state index contributed by atoms with van der Waals surface area (Å²) in [6, 6.07) is 15.4. The van der Waals surface area contributed by atoms with Crippen molar-refractivity contribution in [1.82, 2.24) is 24.6 Å². The zero-order chi connectivity index (χ0) is 34.9. The van der Waals surface area contributed by atoms with Gasteiger partial charge in [-0.25, -0.2) is 14.3 Å². The molecular weight excluding hydrogens is 711 g/mol. The number of aromatic nitrogens is 4. The number of alkyl halides is 3. The van der Waals surface area contributed by atoms with Gasteiger partial charge in [-0.15, -0.1) is 0 Å². The molecule has 12 nitrogen and oxygen atoms in total. The number of amides is 1. The summed E-state index contributed by atoms with van der Waals surface area (Å²) in [6.07, 6.45) is -5.14. The number of likely N-dealkylation sites (tertiary alicyclic amines) is 1. The molecule has 2 atom stereocenters. The number of nitrogens with zero attached hydrogens (tertiary/aromatic N) is 6. The van der Waals surface area contributed by atoms with E-state index in [1.807, 2.05) is 35.2 Å². The molecule has 16 heteroatoms. The lowest BCUT2D eigenvalue weighted by Gasteiger charge is -2.39. The van der Waals surface area contributed by atoms with Gasteiger partial charge in [0, 0.05) is 41.9 Å². The minimum Gasteiger partial charge on any atom is -0.480 e. The molecule has 2 aromatic carbocycles. The number of carbonyl (C=O) groups is 2. The molecule has 2 aliphatic heterocycles. The predicted octanol–water partition coefficient (Wildman–Crippen LogP) is 6.08. The van der Waals surface area contributed by atoms with Crippen LogP contribution < -0.4 is 15.4 Å². The van der Waals surface area contributed by atoms with Crippen molar-refractivity contribution in [3.63, 3.8) is 0 Å². The zero-order valence-corrected chi connectivity index (χ0v) is 27.9.